The molecule has 8 heteroatoms. The average Bonchev–Trinajstić information content (AvgIpc) is 3.32. The van der Waals surface area contributed by atoms with E-state index < -0.39 is 0 Å². The first-order chi connectivity index (χ1) is 13.6. The Morgan fingerprint density at radius 2 is 2.04 bits per heavy atom. The summed E-state index contributed by atoms with van der Waals surface area (Å²) < 4.78 is 7.31. The Bertz CT molecular complexity index is 955. The van der Waals surface area contributed by atoms with E-state index in [0.717, 1.165) is 49.4 Å². The van der Waals surface area contributed by atoms with Gasteiger partial charge in [0, 0.05) is 38.1 Å². The van der Waals surface area contributed by atoms with Crippen LogP contribution in [0.3, 0.4) is 0 Å². The molecular formula is C20H24N6O2. The van der Waals surface area contributed by atoms with Crippen LogP contribution in [0.2, 0.25) is 0 Å². The largest absolute Gasteiger partial charge is 0.341 e. The van der Waals surface area contributed by atoms with E-state index in [0.29, 0.717) is 24.2 Å². The van der Waals surface area contributed by atoms with Gasteiger partial charge in [0.05, 0.1) is 0 Å². The van der Waals surface area contributed by atoms with Crippen LogP contribution in [0.1, 0.15) is 30.1 Å². The van der Waals surface area contributed by atoms with Crippen molar-refractivity contribution in [1.29, 1.82) is 0 Å². The predicted molar refractivity (Wildman–Crippen MR) is 102 cm³/mol. The number of amides is 1. The lowest BCUT2D eigenvalue weighted by Crippen LogP contribution is -2.40. The summed E-state index contributed by atoms with van der Waals surface area (Å²) >= 11 is 0. The number of piperidine rings is 1. The van der Waals surface area contributed by atoms with Gasteiger partial charge in [-0.3, -0.25) is 9.78 Å². The van der Waals surface area contributed by atoms with Crippen molar-refractivity contribution in [1.82, 2.24) is 29.6 Å². The second-order valence-electron chi connectivity index (χ2n) is 7.36. The van der Waals surface area contributed by atoms with E-state index in [9.17, 15) is 4.79 Å². The lowest BCUT2D eigenvalue weighted by molar-refractivity contribution is -0.133. The van der Waals surface area contributed by atoms with Gasteiger partial charge in [-0.15, -0.1) is 0 Å². The van der Waals surface area contributed by atoms with Crippen molar-refractivity contribution in [2.75, 3.05) is 13.1 Å². The van der Waals surface area contributed by atoms with Crippen molar-refractivity contribution in [2.45, 2.75) is 39.7 Å². The molecule has 0 unspecified atom stereocenters. The summed E-state index contributed by atoms with van der Waals surface area (Å²) in [7, 11) is 0. The number of rotatable bonds is 5. The van der Waals surface area contributed by atoms with Crippen molar-refractivity contribution in [3.05, 3.63) is 48.0 Å². The highest BCUT2D eigenvalue weighted by molar-refractivity contribution is 5.76. The Balaban J connectivity index is 1.30. The Morgan fingerprint density at radius 3 is 2.75 bits per heavy atom. The first-order valence-electron chi connectivity index (χ1n) is 9.59. The molecule has 0 N–H and O–H groups in total. The van der Waals surface area contributed by atoms with Gasteiger partial charge in [-0.25, -0.2) is 4.98 Å². The molecule has 4 rings (SSSR count). The average molecular weight is 380 g/mol. The number of carbonyl (C=O) groups excluding carboxylic acids is 1. The molecule has 3 aromatic rings. The number of hydrogen-bond donors (Lipinski definition) is 0. The molecular weight excluding hydrogens is 356 g/mol. The van der Waals surface area contributed by atoms with Gasteiger partial charge in [0.2, 0.25) is 17.6 Å². The molecule has 0 spiro atoms. The molecule has 0 bridgehead atoms. The van der Waals surface area contributed by atoms with Gasteiger partial charge in [-0.05, 0) is 50.3 Å². The number of aromatic nitrogens is 5. The van der Waals surface area contributed by atoms with Gasteiger partial charge in [-0.2, -0.15) is 4.98 Å². The molecule has 0 aromatic carbocycles. The zero-order chi connectivity index (χ0) is 19.5. The normalized spacial score (nSPS) is 15.1. The molecule has 1 amide bonds. The number of imidazole rings is 1. The Labute approximate surface area is 163 Å². The van der Waals surface area contributed by atoms with Crippen LogP contribution >= 0.6 is 0 Å². The van der Waals surface area contributed by atoms with Crippen LogP contribution in [0.15, 0.2) is 35.2 Å². The monoisotopic (exact) mass is 380 g/mol. The maximum atomic E-state index is 12.5. The topological polar surface area (TPSA) is 89.9 Å². The third kappa shape index (κ3) is 4.11. The summed E-state index contributed by atoms with van der Waals surface area (Å²) in [4.78, 5) is 27.4. The highest BCUT2D eigenvalue weighted by atomic mass is 16.5. The van der Waals surface area contributed by atoms with Crippen molar-refractivity contribution in [3.8, 4) is 11.5 Å². The quantitative estimate of drug-likeness (QED) is 0.675. The molecule has 0 aliphatic carbocycles. The zero-order valence-corrected chi connectivity index (χ0v) is 16.2. The zero-order valence-electron chi connectivity index (χ0n) is 16.2. The summed E-state index contributed by atoms with van der Waals surface area (Å²) in [5, 5.41) is 4.06. The Kier molecular flexibility index (Phi) is 5.18. The Hall–Kier alpha value is -3.03. The van der Waals surface area contributed by atoms with Crippen LogP contribution in [-0.4, -0.2) is 48.6 Å². The molecule has 0 radical (unpaired) electrons. The van der Waals surface area contributed by atoms with Gasteiger partial charge in [0.1, 0.15) is 18.1 Å². The molecule has 1 aliphatic heterocycles. The number of likely N-dealkylation sites (tertiary alicyclic amines) is 1. The molecule has 1 aliphatic rings. The van der Waals surface area contributed by atoms with E-state index in [4.69, 9.17) is 4.52 Å². The molecule has 1 fully saturated rings. The van der Waals surface area contributed by atoms with E-state index in [1.807, 2.05) is 41.6 Å². The van der Waals surface area contributed by atoms with E-state index >= 15 is 0 Å². The predicted octanol–water partition coefficient (Wildman–Crippen LogP) is 2.43. The summed E-state index contributed by atoms with van der Waals surface area (Å²) in [6, 6.07) is 3.88. The lowest BCUT2D eigenvalue weighted by atomic mass is 9.93. The number of hydrogen-bond acceptors (Lipinski definition) is 6. The van der Waals surface area contributed by atoms with Gasteiger partial charge in [-0.1, -0.05) is 5.16 Å². The van der Waals surface area contributed by atoms with Crippen molar-refractivity contribution in [2.24, 2.45) is 5.92 Å². The summed E-state index contributed by atoms with van der Waals surface area (Å²) in [5.74, 6) is 2.61. The SMILES string of the molecule is Cc1ccnc(-c2noc(CC3CCN(C(=O)Cn4ccnc4C)CC3)n2)c1. The van der Waals surface area contributed by atoms with Crippen LogP contribution in [0.4, 0.5) is 0 Å². The molecule has 0 saturated carbocycles. The third-order valence-electron chi connectivity index (χ3n) is 5.27. The minimum Gasteiger partial charge on any atom is -0.341 e. The van der Waals surface area contributed by atoms with Gasteiger partial charge >= 0.3 is 0 Å². The summed E-state index contributed by atoms with van der Waals surface area (Å²) in [6.07, 6.45) is 7.93. The second kappa shape index (κ2) is 7.92. The molecule has 4 heterocycles. The smallest absolute Gasteiger partial charge is 0.242 e. The maximum Gasteiger partial charge on any atom is 0.242 e. The van der Waals surface area contributed by atoms with Crippen LogP contribution in [-0.2, 0) is 17.8 Å². The standard InChI is InChI=1S/C20H24N6O2/c1-14-3-6-22-17(11-14)20-23-18(28-24-20)12-16-4-8-25(9-5-16)19(27)13-26-10-7-21-15(26)2/h3,6-7,10-11,16H,4-5,8-9,12-13H2,1-2H3. The fourth-order valence-corrected chi connectivity index (χ4v) is 3.55. The fraction of sp³-hybridized carbons (Fsp3) is 0.450. The van der Waals surface area contributed by atoms with Crippen molar-refractivity contribution in [3.63, 3.8) is 0 Å². The van der Waals surface area contributed by atoms with Crippen LogP contribution in [0.25, 0.3) is 11.5 Å². The summed E-state index contributed by atoms with van der Waals surface area (Å²) in [6.45, 7) is 5.79. The minimum atomic E-state index is 0.144. The molecule has 28 heavy (non-hydrogen) atoms. The van der Waals surface area contributed by atoms with Gasteiger partial charge in [0.15, 0.2) is 0 Å². The van der Waals surface area contributed by atoms with E-state index in [2.05, 4.69) is 20.1 Å². The van der Waals surface area contributed by atoms with Gasteiger partial charge < -0.3 is 14.0 Å². The molecule has 146 valence electrons. The second-order valence-corrected chi connectivity index (χ2v) is 7.36. The molecule has 0 atom stereocenters. The molecule has 1 saturated heterocycles. The van der Waals surface area contributed by atoms with E-state index in [1.165, 1.54) is 0 Å². The maximum absolute atomic E-state index is 12.5. The first kappa shape index (κ1) is 18.3. The first-order valence-corrected chi connectivity index (χ1v) is 9.59. The molecule has 8 nitrogen and oxygen atoms in total. The highest BCUT2D eigenvalue weighted by Gasteiger charge is 2.25. The van der Waals surface area contributed by atoms with Crippen LogP contribution in [0, 0.1) is 19.8 Å². The molecule has 3 aromatic heterocycles. The number of carbonyl (C=O) groups is 1. The van der Waals surface area contributed by atoms with Crippen LogP contribution in [0.5, 0.6) is 0 Å². The number of aryl methyl sites for hydroxylation is 2. The van der Waals surface area contributed by atoms with Crippen molar-refractivity contribution < 1.29 is 9.32 Å². The number of pyridine rings is 1. The fourth-order valence-electron chi connectivity index (χ4n) is 3.55. The van der Waals surface area contributed by atoms with Crippen LogP contribution < -0.4 is 0 Å². The Morgan fingerprint density at radius 1 is 1.21 bits per heavy atom. The number of nitrogens with zero attached hydrogens (tertiary/aromatic N) is 6. The highest BCUT2D eigenvalue weighted by Crippen LogP contribution is 2.23. The minimum absolute atomic E-state index is 0.144. The van der Waals surface area contributed by atoms with Gasteiger partial charge in [0.25, 0.3) is 0 Å². The summed E-state index contributed by atoms with van der Waals surface area (Å²) in [5.41, 5.74) is 1.84. The van der Waals surface area contributed by atoms with E-state index in [1.54, 1.807) is 12.4 Å². The third-order valence-corrected chi connectivity index (χ3v) is 5.27. The van der Waals surface area contributed by atoms with Crippen molar-refractivity contribution >= 4 is 5.91 Å². The van der Waals surface area contributed by atoms with E-state index in [-0.39, 0.29) is 5.91 Å². The lowest BCUT2D eigenvalue weighted by Gasteiger charge is -2.31.